The van der Waals surface area contributed by atoms with Gasteiger partial charge in [0.2, 0.25) is 0 Å². The van der Waals surface area contributed by atoms with Gasteiger partial charge in [-0.3, -0.25) is 0 Å². The van der Waals surface area contributed by atoms with E-state index >= 15 is 0 Å². The Kier molecular flexibility index (Phi) is 7.05. The molecule has 1 heterocycles. The van der Waals surface area contributed by atoms with Crippen LogP contribution in [0.4, 0.5) is 0 Å². The fourth-order valence-corrected chi connectivity index (χ4v) is 6.96. The molecule has 6 aromatic carbocycles. The van der Waals surface area contributed by atoms with Crippen LogP contribution in [0, 0.1) is 0 Å². The van der Waals surface area contributed by atoms with E-state index in [2.05, 4.69) is 157 Å². The number of hydrogen-bond donors (Lipinski definition) is 0. The molecule has 0 aliphatic rings. The van der Waals surface area contributed by atoms with Crippen LogP contribution >= 0.6 is 0 Å². The minimum atomic E-state index is 0.0138. The highest BCUT2D eigenvalue weighted by atomic mass is 16.3. The van der Waals surface area contributed by atoms with Gasteiger partial charge in [-0.2, -0.15) is 0 Å². The molecule has 7 rings (SSSR count). The van der Waals surface area contributed by atoms with Crippen LogP contribution in [0.5, 0.6) is 0 Å². The highest BCUT2D eigenvalue weighted by molar-refractivity contribution is 6.22. The maximum atomic E-state index is 6.52. The molecule has 0 unspecified atom stereocenters. The molecule has 7 aromatic rings. The van der Waals surface area contributed by atoms with Gasteiger partial charge >= 0.3 is 0 Å². The summed E-state index contributed by atoms with van der Waals surface area (Å²) in [6, 6.07) is 36.2. The van der Waals surface area contributed by atoms with E-state index in [4.69, 9.17) is 4.42 Å². The summed E-state index contributed by atoms with van der Waals surface area (Å²) in [4.78, 5) is 0. The van der Waals surface area contributed by atoms with Crippen LogP contribution in [0.15, 0.2) is 114 Å². The number of benzene rings is 6. The van der Waals surface area contributed by atoms with E-state index in [1.54, 1.807) is 0 Å². The Morgan fingerprint density at radius 1 is 0.565 bits per heavy atom. The van der Waals surface area contributed by atoms with Crippen LogP contribution in [0.2, 0.25) is 0 Å². The van der Waals surface area contributed by atoms with Crippen molar-refractivity contribution in [1.82, 2.24) is 0 Å². The molecular formula is C45H42O. The Morgan fingerprint density at radius 2 is 1.15 bits per heavy atom. The van der Waals surface area contributed by atoms with Gasteiger partial charge < -0.3 is 4.42 Å². The quantitative estimate of drug-likeness (QED) is 0.184. The summed E-state index contributed by atoms with van der Waals surface area (Å²) in [6.45, 7) is 19.9. The molecule has 228 valence electrons. The zero-order valence-corrected chi connectivity index (χ0v) is 28.1. The predicted octanol–water partition coefficient (Wildman–Crippen LogP) is 13.5. The van der Waals surface area contributed by atoms with Crippen molar-refractivity contribution < 1.29 is 4.42 Å². The molecule has 1 nitrogen and oxygen atoms in total. The Labute approximate surface area is 272 Å². The first-order chi connectivity index (χ1) is 22.0. The molecule has 0 radical (unpaired) electrons. The van der Waals surface area contributed by atoms with E-state index in [0.717, 1.165) is 33.1 Å². The normalized spacial score (nSPS) is 12.7. The third-order valence-corrected chi connectivity index (χ3v) is 9.46. The zero-order chi connectivity index (χ0) is 32.4. The first-order valence-corrected chi connectivity index (χ1v) is 16.3. The summed E-state index contributed by atoms with van der Waals surface area (Å²) in [7, 11) is 0. The lowest BCUT2D eigenvalue weighted by molar-refractivity contribution is 0.590. The van der Waals surface area contributed by atoms with Crippen molar-refractivity contribution in [2.75, 3.05) is 0 Å². The van der Waals surface area contributed by atoms with Gasteiger partial charge in [-0.25, -0.2) is 0 Å². The third kappa shape index (κ3) is 4.86. The van der Waals surface area contributed by atoms with Crippen LogP contribution in [0.1, 0.15) is 70.7 Å². The van der Waals surface area contributed by atoms with Crippen LogP contribution in [-0.2, 0) is 10.8 Å². The number of hydrogen-bond acceptors (Lipinski definition) is 1. The maximum Gasteiger partial charge on any atom is 0.143 e. The molecule has 0 spiro atoms. The fourth-order valence-electron chi connectivity index (χ4n) is 6.96. The van der Waals surface area contributed by atoms with Crippen molar-refractivity contribution >= 4 is 55.6 Å². The van der Waals surface area contributed by atoms with E-state index in [-0.39, 0.29) is 10.8 Å². The lowest BCUT2D eigenvalue weighted by atomic mass is 9.79. The molecular weight excluding hydrogens is 556 g/mol. The van der Waals surface area contributed by atoms with Crippen LogP contribution in [0.25, 0.3) is 77.9 Å². The lowest BCUT2D eigenvalue weighted by Gasteiger charge is -2.25. The zero-order valence-electron chi connectivity index (χ0n) is 28.1. The first-order valence-electron chi connectivity index (χ1n) is 16.3. The molecule has 46 heavy (non-hydrogen) atoms. The van der Waals surface area contributed by atoms with Gasteiger partial charge in [0.25, 0.3) is 0 Å². The molecule has 0 saturated carbocycles. The Bertz CT molecular complexity index is 2330. The summed E-state index contributed by atoms with van der Waals surface area (Å²) in [6.07, 6.45) is 6.08. The summed E-state index contributed by atoms with van der Waals surface area (Å²) in [5.74, 6) is 0. The van der Waals surface area contributed by atoms with E-state index in [1.807, 2.05) is 13.0 Å². The molecule has 1 heteroatoms. The monoisotopic (exact) mass is 598 g/mol. The topological polar surface area (TPSA) is 13.1 Å². The smallest absolute Gasteiger partial charge is 0.143 e. The molecule has 1 aromatic heterocycles. The average molecular weight is 599 g/mol. The van der Waals surface area contributed by atoms with Crippen LogP contribution in [-0.4, -0.2) is 0 Å². The van der Waals surface area contributed by atoms with Gasteiger partial charge in [-0.1, -0.05) is 133 Å². The van der Waals surface area contributed by atoms with Crippen molar-refractivity contribution in [3.63, 3.8) is 0 Å². The van der Waals surface area contributed by atoms with Crippen LogP contribution < -0.4 is 0 Å². The molecule has 0 N–H and O–H groups in total. The summed E-state index contributed by atoms with van der Waals surface area (Å²) >= 11 is 0. The molecule has 0 atom stereocenters. The number of rotatable bonds is 4. The lowest BCUT2D eigenvalue weighted by Crippen LogP contribution is -2.11. The number of allylic oxidation sites excluding steroid dienone is 1. The van der Waals surface area contributed by atoms with Crippen LogP contribution in [0.3, 0.4) is 0 Å². The SMILES string of the molecule is C=Cc1c(/C=C\C)ccc2c1oc1ccc(-c3c4ccc(C(C)(C)C)cc4c(-c4ccccc4)c4ccc(C(C)(C)C)cc34)cc12. The molecule has 0 aliphatic carbocycles. The second-order valence-electron chi connectivity index (χ2n) is 14.6. The molecule has 0 aliphatic heterocycles. The number of fused-ring (bicyclic) bond motifs is 5. The van der Waals surface area contributed by atoms with E-state index in [1.165, 1.54) is 54.9 Å². The van der Waals surface area contributed by atoms with E-state index in [0.29, 0.717) is 0 Å². The van der Waals surface area contributed by atoms with Crippen molar-refractivity contribution in [1.29, 1.82) is 0 Å². The molecule has 0 bridgehead atoms. The fraction of sp³-hybridized carbons (Fsp3) is 0.200. The van der Waals surface area contributed by atoms with Gasteiger partial charge in [0.05, 0.1) is 0 Å². The predicted molar refractivity (Wildman–Crippen MR) is 202 cm³/mol. The van der Waals surface area contributed by atoms with Crippen molar-refractivity contribution in [3.8, 4) is 22.3 Å². The molecule has 0 saturated heterocycles. The minimum Gasteiger partial charge on any atom is -0.455 e. The standard InChI is InChI=1S/C45H42O/c1-9-14-28-17-21-36-37-25-30(18-24-40(37)46-43(36)33(28)10-2)42-35-23-20-31(44(3,4)5)26-38(35)41(29-15-12-11-13-16-29)34-22-19-32(27-39(34)42)45(6,7)8/h9-27H,2H2,1,3-8H3/b14-9-. The van der Waals surface area contributed by atoms with Gasteiger partial charge in [-0.15, -0.1) is 0 Å². The Balaban J connectivity index is 1.63. The van der Waals surface area contributed by atoms with Gasteiger partial charge in [0.15, 0.2) is 0 Å². The maximum absolute atomic E-state index is 6.52. The Hall–Kier alpha value is -4.88. The van der Waals surface area contributed by atoms with Gasteiger partial charge in [0, 0.05) is 16.3 Å². The molecule has 0 fully saturated rings. The van der Waals surface area contributed by atoms with Crippen molar-refractivity contribution in [2.45, 2.75) is 59.3 Å². The highest BCUT2D eigenvalue weighted by Crippen LogP contribution is 2.47. The van der Waals surface area contributed by atoms with Crippen molar-refractivity contribution in [3.05, 3.63) is 132 Å². The van der Waals surface area contributed by atoms with E-state index < -0.39 is 0 Å². The second-order valence-corrected chi connectivity index (χ2v) is 14.6. The minimum absolute atomic E-state index is 0.0138. The molecule has 0 amide bonds. The Morgan fingerprint density at radius 3 is 1.72 bits per heavy atom. The number of furan rings is 1. The van der Waals surface area contributed by atoms with Gasteiger partial charge in [-0.05, 0) is 109 Å². The summed E-state index contributed by atoms with van der Waals surface area (Å²) in [5.41, 5.74) is 11.6. The third-order valence-electron chi connectivity index (χ3n) is 9.46. The summed E-state index contributed by atoms with van der Waals surface area (Å²) in [5, 5.41) is 7.33. The summed E-state index contributed by atoms with van der Waals surface area (Å²) < 4.78 is 6.52. The largest absolute Gasteiger partial charge is 0.455 e. The van der Waals surface area contributed by atoms with Gasteiger partial charge in [0.1, 0.15) is 11.2 Å². The van der Waals surface area contributed by atoms with Crippen molar-refractivity contribution in [2.24, 2.45) is 0 Å². The highest BCUT2D eigenvalue weighted by Gasteiger charge is 2.23. The first kappa shape index (κ1) is 29.8. The second kappa shape index (κ2) is 10.9. The van der Waals surface area contributed by atoms with E-state index in [9.17, 15) is 0 Å². The average Bonchev–Trinajstić information content (AvgIpc) is 3.40.